The number of nitrogens with one attached hydrogen (secondary N) is 1. The first kappa shape index (κ1) is 8.57. The predicted octanol–water partition coefficient (Wildman–Crippen LogP) is 0.663. The summed E-state index contributed by atoms with van der Waals surface area (Å²) >= 11 is 0. The molecule has 0 amide bonds. The van der Waals surface area contributed by atoms with Crippen LogP contribution < -0.4 is 5.32 Å². The molecule has 0 fully saturated rings. The van der Waals surface area contributed by atoms with E-state index in [-0.39, 0.29) is 0 Å². The zero-order valence-electron chi connectivity index (χ0n) is 6.76. The summed E-state index contributed by atoms with van der Waals surface area (Å²) in [5.74, 6) is 6.41. The molecule has 1 heterocycles. The Morgan fingerprint density at radius 2 is 2.50 bits per heavy atom. The molecule has 0 aliphatic heterocycles. The number of rotatable bonds is 2. The van der Waals surface area contributed by atoms with Crippen LogP contribution in [-0.2, 0) is 0 Å². The minimum absolute atomic E-state index is 0.309. The van der Waals surface area contributed by atoms with Crippen LogP contribution in [0.25, 0.3) is 0 Å². The molecule has 0 bridgehead atoms. The fourth-order valence-electron chi connectivity index (χ4n) is 0.703. The Labute approximate surface area is 70.8 Å². The highest BCUT2D eigenvalue weighted by Gasteiger charge is 1.95. The molecule has 0 aliphatic carbocycles. The van der Waals surface area contributed by atoms with E-state index < -0.39 is 0 Å². The number of aldehydes is 1. The van der Waals surface area contributed by atoms with Crippen LogP contribution >= 0.6 is 0 Å². The van der Waals surface area contributed by atoms with Crippen molar-refractivity contribution in [2.45, 2.75) is 0 Å². The van der Waals surface area contributed by atoms with Gasteiger partial charge < -0.3 is 9.73 Å². The van der Waals surface area contributed by atoms with E-state index in [2.05, 4.69) is 17.2 Å². The fourth-order valence-corrected chi connectivity index (χ4v) is 0.703. The number of furan rings is 1. The maximum Gasteiger partial charge on any atom is 0.185 e. The molecule has 62 valence electrons. The smallest absolute Gasteiger partial charge is 0.185 e. The van der Waals surface area contributed by atoms with E-state index in [0.717, 1.165) is 0 Å². The van der Waals surface area contributed by atoms with Crippen molar-refractivity contribution >= 4 is 6.29 Å². The molecule has 1 aromatic rings. The lowest BCUT2D eigenvalue weighted by Crippen LogP contribution is -2.04. The van der Waals surface area contributed by atoms with Crippen molar-refractivity contribution in [3.63, 3.8) is 0 Å². The Bertz CT molecular complexity index is 317. The van der Waals surface area contributed by atoms with Crippen molar-refractivity contribution in [2.24, 2.45) is 0 Å². The summed E-state index contributed by atoms with van der Waals surface area (Å²) in [4.78, 5) is 10.2. The van der Waals surface area contributed by atoms with E-state index in [1.54, 1.807) is 12.1 Å². The van der Waals surface area contributed by atoms with Gasteiger partial charge in [0, 0.05) is 0 Å². The topological polar surface area (TPSA) is 42.2 Å². The van der Waals surface area contributed by atoms with Gasteiger partial charge in [0.05, 0.1) is 6.54 Å². The molecule has 1 rings (SSSR count). The maximum absolute atomic E-state index is 10.2. The lowest BCUT2D eigenvalue weighted by molar-refractivity contribution is 0.110. The molecule has 3 heteroatoms. The molecular weight excluding hydrogens is 154 g/mol. The third-order valence-corrected chi connectivity index (χ3v) is 1.22. The van der Waals surface area contributed by atoms with Gasteiger partial charge in [0.15, 0.2) is 17.8 Å². The van der Waals surface area contributed by atoms with E-state index in [4.69, 9.17) is 4.42 Å². The SMILES string of the molecule is CNCC#Cc1ccc(C=O)o1. The first-order chi connectivity index (χ1) is 5.86. The Kier molecular flexibility index (Phi) is 3.12. The minimum Gasteiger partial charge on any atom is -0.445 e. The second-order valence-electron chi connectivity index (χ2n) is 2.15. The van der Waals surface area contributed by atoms with Gasteiger partial charge in [-0.05, 0) is 25.1 Å². The lowest BCUT2D eigenvalue weighted by Gasteiger charge is -1.82. The summed E-state index contributed by atoms with van der Waals surface area (Å²) in [6.07, 6.45) is 0.656. The second kappa shape index (κ2) is 4.37. The first-order valence-electron chi connectivity index (χ1n) is 3.55. The number of carbonyl (C=O) groups is 1. The van der Waals surface area contributed by atoms with Crippen LogP contribution in [0.3, 0.4) is 0 Å². The van der Waals surface area contributed by atoms with E-state index in [1.165, 1.54) is 0 Å². The molecule has 0 saturated carbocycles. The van der Waals surface area contributed by atoms with E-state index >= 15 is 0 Å². The monoisotopic (exact) mass is 163 g/mol. The van der Waals surface area contributed by atoms with Gasteiger partial charge in [-0.2, -0.15) is 0 Å². The molecule has 3 nitrogen and oxygen atoms in total. The van der Waals surface area contributed by atoms with Crippen LogP contribution in [-0.4, -0.2) is 19.9 Å². The third-order valence-electron chi connectivity index (χ3n) is 1.22. The lowest BCUT2D eigenvalue weighted by atomic mass is 10.4. The summed E-state index contributed by atoms with van der Waals surface area (Å²) < 4.78 is 5.01. The average Bonchev–Trinajstić information content (AvgIpc) is 2.53. The molecule has 0 radical (unpaired) electrons. The molecule has 0 unspecified atom stereocenters. The Hall–Kier alpha value is -1.53. The molecule has 12 heavy (non-hydrogen) atoms. The van der Waals surface area contributed by atoms with Gasteiger partial charge in [0.2, 0.25) is 0 Å². The zero-order chi connectivity index (χ0) is 8.81. The van der Waals surface area contributed by atoms with Gasteiger partial charge in [-0.1, -0.05) is 5.92 Å². The third kappa shape index (κ3) is 2.26. The van der Waals surface area contributed by atoms with E-state index in [9.17, 15) is 4.79 Å². The highest BCUT2D eigenvalue weighted by molar-refractivity contribution is 5.70. The van der Waals surface area contributed by atoms with Crippen molar-refractivity contribution < 1.29 is 9.21 Å². The van der Waals surface area contributed by atoms with Crippen molar-refractivity contribution in [1.29, 1.82) is 0 Å². The van der Waals surface area contributed by atoms with Crippen molar-refractivity contribution in [3.8, 4) is 11.8 Å². The largest absolute Gasteiger partial charge is 0.445 e. The quantitative estimate of drug-likeness (QED) is 0.514. The zero-order valence-corrected chi connectivity index (χ0v) is 6.76. The first-order valence-corrected chi connectivity index (χ1v) is 3.55. The second-order valence-corrected chi connectivity index (χ2v) is 2.15. The predicted molar refractivity (Wildman–Crippen MR) is 44.9 cm³/mol. The average molecular weight is 163 g/mol. The number of hydrogen-bond donors (Lipinski definition) is 1. The Morgan fingerprint density at radius 1 is 1.67 bits per heavy atom. The van der Waals surface area contributed by atoms with Gasteiger partial charge in [0.1, 0.15) is 0 Å². The highest BCUT2D eigenvalue weighted by atomic mass is 16.3. The van der Waals surface area contributed by atoms with E-state index in [1.807, 2.05) is 7.05 Å². The van der Waals surface area contributed by atoms with Crippen LogP contribution in [0.1, 0.15) is 16.3 Å². The molecule has 0 aliphatic rings. The summed E-state index contributed by atoms with van der Waals surface area (Å²) in [6, 6.07) is 3.27. The van der Waals surface area contributed by atoms with Crippen LogP contribution in [0.5, 0.6) is 0 Å². The summed E-state index contributed by atoms with van der Waals surface area (Å²) in [5.41, 5.74) is 0. The van der Waals surface area contributed by atoms with Gasteiger partial charge in [-0.15, -0.1) is 0 Å². The standard InChI is InChI=1S/C9H9NO2/c1-10-6-2-3-8-4-5-9(7-11)12-8/h4-5,7,10H,6H2,1H3. The molecule has 1 aromatic heterocycles. The van der Waals surface area contributed by atoms with Crippen LogP contribution in [0.2, 0.25) is 0 Å². The van der Waals surface area contributed by atoms with Crippen LogP contribution in [0, 0.1) is 11.8 Å². The molecule has 1 N–H and O–H groups in total. The van der Waals surface area contributed by atoms with Crippen molar-refractivity contribution in [1.82, 2.24) is 5.32 Å². The van der Waals surface area contributed by atoms with Gasteiger partial charge in [0.25, 0.3) is 0 Å². The minimum atomic E-state index is 0.309. The Balaban J connectivity index is 2.65. The molecule has 0 spiro atoms. The molecule has 0 saturated heterocycles. The molecular formula is C9H9NO2. The Morgan fingerprint density at radius 3 is 3.08 bits per heavy atom. The van der Waals surface area contributed by atoms with Gasteiger partial charge in [-0.25, -0.2) is 0 Å². The highest BCUT2D eigenvalue weighted by Crippen LogP contribution is 2.02. The number of hydrogen-bond acceptors (Lipinski definition) is 3. The summed E-state index contributed by atoms with van der Waals surface area (Å²) in [5, 5.41) is 2.87. The van der Waals surface area contributed by atoms with Gasteiger partial charge >= 0.3 is 0 Å². The van der Waals surface area contributed by atoms with Crippen molar-refractivity contribution in [2.75, 3.05) is 13.6 Å². The summed E-state index contributed by atoms with van der Waals surface area (Å²) in [6.45, 7) is 0.608. The molecule has 0 atom stereocenters. The molecule has 0 aromatic carbocycles. The fraction of sp³-hybridized carbons (Fsp3) is 0.222. The normalized spacial score (nSPS) is 8.75. The van der Waals surface area contributed by atoms with Crippen molar-refractivity contribution in [3.05, 3.63) is 23.7 Å². The van der Waals surface area contributed by atoms with Crippen LogP contribution in [0.4, 0.5) is 0 Å². The maximum atomic E-state index is 10.2. The number of carbonyl (C=O) groups excluding carboxylic acids is 1. The summed E-state index contributed by atoms with van der Waals surface area (Å²) in [7, 11) is 1.81. The van der Waals surface area contributed by atoms with Gasteiger partial charge in [-0.3, -0.25) is 4.79 Å². The van der Waals surface area contributed by atoms with Crippen LogP contribution in [0.15, 0.2) is 16.5 Å². The van der Waals surface area contributed by atoms with E-state index in [0.29, 0.717) is 24.4 Å².